The molecular weight excluding hydrogens is 240 g/mol. The average molecular weight is 257 g/mol. The van der Waals surface area contributed by atoms with Crippen molar-refractivity contribution in [1.82, 2.24) is 5.32 Å². The molecule has 0 fully saturated rings. The van der Waals surface area contributed by atoms with Crippen LogP contribution in [-0.4, -0.2) is 24.2 Å². The van der Waals surface area contributed by atoms with Gasteiger partial charge in [0.25, 0.3) is 0 Å². The molecule has 0 spiro atoms. The second kappa shape index (κ2) is 5.91. The molecule has 0 saturated carbocycles. The minimum absolute atomic E-state index is 0.0159. The number of aliphatic carboxylic acids is 1. The Bertz CT molecular complexity index is 433. The first-order valence-corrected chi connectivity index (χ1v) is 5.71. The molecule has 0 unspecified atom stereocenters. The van der Waals surface area contributed by atoms with Crippen LogP contribution in [0.4, 0.5) is 8.78 Å². The number of benzene rings is 1. The molecule has 100 valence electrons. The minimum Gasteiger partial charge on any atom is -0.481 e. The van der Waals surface area contributed by atoms with Gasteiger partial charge >= 0.3 is 5.97 Å². The van der Waals surface area contributed by atoms with Gasteiger partial charge in [-0.2, -0.15) is 0 Å². The van der Waals surface area contributed by atoms with Crippen LogP contribution in [0, 0.1) is 11.6 Å². The lowest BCUT2D eigenvalue weighted by atomic mass is 9.84. The van der Waals surface area contributed by atoms with Crippen LogP contribution in [-0.2, 0) is 10.2 Å². The van der Waals surface area contributed by atoms with Gasteiger partial charge in [-0.15, -0.1) is 0 Å². The van der Waals surface area contributed by atoms with Crippen molar-refractivity contribution in [3.8, 4) is 0 Å². The van der Waals surface area contributed by atoms with Gasteiger partial charge in [0.15, 0.2) is 0 Å². The third-order valence-corrected chi connectivity index (χ3v) is 2.74. The highest BCUT2D eigenvalue weighted by atomic mass is 19.1. The number of carboxylic acid groups (broad SMARTS) is 1. The van der Waals surface area contributed by atoms with Gasteiger partial charge in [-0.1, -0.05) is 19.9 Å². The summed E-state index contributed by atoms with van der Waals surface area (Å²) < 4.78 is 26.4. The number of nitrogens with one attached hydrogen (secondary N) is 1. The lowest BCUT2D eigenvalue weighted by molar-refractivity contribution is -0.136. The normalized spacial score (nSPS) is 11.6. The van der Waals surface area contributed by atoms with E-state index in [0.29, 0.717) is 18.7 Å². The summed E-state index contributed by atoms with van der Waals surface area (Å²) in [5.74, 6) is -2.07. The molecule has 0 aliphatic carbocycles. The lowest BCUT2D eigenvalue weighted by Gasteiger charge is -2.26. The standard InChI is InChI=1S/C13H17F2NO2/c1-13(2,8-16-6-5-12(17)18)10-4-3-9(14)7-11(10)15/h3-4,7,16H,5-6,8H2,1-2H3,(H,17,18). The zero-order chi connectivity index (χ0) is 13.8. The quantitative estimate of drug-likeness (QED) is 0.769. The van der Waals surface area contributed by atoms with Crippen molar-refractivity contribution in [2.45, 2.75) is 25.7 Å². The number of rotatable bonds is 6. The fourth-order valence-electron chi connectivity index (χ4n) is 1.73. The van der Waals surface area contributed by atoms with Gasteiger partial charge in [0, 0.05) is 24.6 Å². The van der Waals surface area contributed by atoms with E-state index in [-0.39, 0.29) is 6.42 Å². The van der Waals surface area contributed by atoms with Gasteiger partial charge in [-0.25, -0.2) is 8.78 Å². The van der Waals surface area contributed by atoms with Crippen molar-refractivity contribution in [3.05, 3.63) is 35.4 Å². The van der Waals surface area contributed by atoms with Crippen LogP contribution in [0.5, 0.6) is 0 Å². The molecular formula is C13H17F2NO2. The molecule has 0 amide bonds. The Morgan fingerprint density at radius 1 is 1.39 bits per heavy atom. The summed E-state index contributed by atoms with van der Waals surface area (Å²) in [5, 5.41) is 11.4. The summed E-state index contributed by atoms with van der Waals surface area (Å²) in [4.78, 5) is 10.3. The fourth-order valence-corrected chi connectivity index (χ4v) is 1.73. The molecule has 0 bridgehead atoms. The topological polar surface area (TPSA) is 49.3 Å². The van der Waals surface area contributed by atoms with E-state index in [2.05, 4.69) is 5.32 Å². The first kappa shape index (κ1) is 14.6. The predicted molar refractivity (Wildman–Crippen MR) is 64.5 cm³/mol. The third kappa shape index (κ3) is 4.07. The molecule has 0 aromatic heterocycles. The molecule has 1 aromatic rings. The maximum absolute atomic E-state index is 13.6. The highest BCUT2D eigenvalue weighted by Crippen LogP contribution is 2.25. The van der Waals surface area contributed by atoms with Gasteiger partial charge in [0.2, 0.25) is 0 Å². The summed E-state index contributed by atoms with van der Waals surface area (Å²) in [7, 11) is 0. The second-order valence-corrected chi connectivity index (χ2v) is 4.83. The van der Waals surface area contributed by atoms with Crippen molar-refractivity contribution < 1.29 is 18.7 Å². The van der Waals surface area contributed by atoms with E-state index >= 15 is 0 Å². The molecule has 2 N–H and O–H groups in total. The zero-order valence-corrected chi connectivity index (χ0v) is 10.5. The highest BCUT2D eigenvalue weighted by Gasteiger charge is 2.24. The fraction of sp³-hybridized carbons (Fsp3) is 0.462. The molecule has 3 nitrogen and oxygen atoms in total. The molecule has 0 radical (unpaired) electrons. The van der Waals surface area contributed by atoms with E-state index in [1.807, 2.05) is 13.8 Å². The summed E-state index contributed by atoms with van der Waals surface area (Å²) >= 11 is 0. The molecule has 0 atom stereocenters. The molecule has 1 aromatic carbocycles. The smallest absolute Gasteiger partial charge is 0.304 e. The van der Waals surface area contributed by atoms with E-state index < -0.39 is 23.0 Å². The van der Waals surface area contributed by atoms with Crippen molar-refractivity contribution >= 4 is 5.97 Å². The van der Waals surface area contributed by atoms with Crippen LogP contribution in [0.3, 0.4) is 0 Å². The van der Waals surface area contributed by atoms with Gasteiger partial charge in [0.05, 0.1) is 6.42 Å². The van der Waals surface area contributed by atoms with Crippen LogP contribution >= 0.6 is 0 Å². The molecule has 0 aliphatic heterocycles. The number of hydrogen-bond acceptors (Lipinski definition) is 2. The molecule has 0 saturated heterocycles. The van der Waals surface area contributed by atoms with E-state index in [4.69, 9.17) is 5.11 Å². The Labute approximate surface area is 105 Å². The SMILES string of the molecule is CC(C)(CNCCC(=O)O)c1ccc(F)cc1F. The average Bonchev–Trinajstić information content (AvgIpc) is 2.23. The van der Waals surface area contributed by atoms with Crippen molar-refractivity contribution in [1.29, 1.82) is 0 Å². The van der Waals surface area contributed by atoms with Crippen LogP contribution in [0.2, 0.25) is 0 Å². The van der Waals surface area contributed by atoms with Crippen LogP contribution in [0.25, 0.3) is 0 Å². The number of carbonyl (C=O) groups is 1. The monoisotopic (exact) mass is 257 g/mol. The van der Waals surface area contributed by atoms with E-state index in [1.54, 1.807) is 0 Å². The third-order valence-electron chi connectivity index (χ3n) is 2.74. The number of hydrogen-bond donors (Lipinski definition) is 2. The second-order valence-electron chi connectivity index (χ2n) is 4.83. The Hall–Kier alpha value is -1.49. The van der Waals surface area contributed by atoms with Crippen LogP contribution < -0.4 is 5.32 Å². The highest BCUT2D eigenvalue weighted by molar-refractivity contribution is 5.66. The maximum atomic E-state index is 13.6. The first-order valence-electron chi connectivity index (χ1n) is 5.71. The number of carboxylic acids is 1. The van der Waals surface area contributed by atoms with Crippen molar-refractivity contribution in [3.63, 3.8) is 0 Å². The van der Waals surface area contributed by atoms with Gasteiger partial charge in [-0.05, 0) is 11.6 Å². The molecule has 5 heteroatoms. The van der Waals surface area contributed by atoms with Gasteiger partial charge in [0.1, 0.15) is 11.6 Å². The largest absolute Gasteiger partial charge is 0.481 e. The summed E-state index contributed by atoms with van der Waals surface area (Å²) in [5.41, 5.74) is -0.122. The van der Waals surface area contributed by atoms with Crippen molar-refractivity contribution in [2.75, 3.05) is 13.1 Å². The molecule has 18 heavy (non-hydrogen) atoms. The number of halogens is 2. The van der Waals surface area contributed by atoms with Crippen LogP contribution in [0.1, 0.15) is 25.8 Å². The predicted octanol–water partition coefficient (Wildman–Crippen LogP) is 2.31. The first-order chi connectivity index (χ1) is 8.33. The Balaban J connectivity index is 2.64. The van der Waals surface area contributed by atoms with Crippen LogP contribution in [0.15, 0.2) is 18.2 Å². The Morgan fingerprint density at radius 3 is 2.61 bits per heavy atom. The molecule has 0 heterocycles. The van der Waals surface area contributed by atoms with Gasteiger partial charge in [-0.3, -0.25) is 4.79 Å². The minimum atomic E-state index is -0.881. The summed E-state index contributed by atoms with van der Waals surface area (Å²) in [6.45, 7) is 4.37. The maximum Gasteiger partial charge on any atom is 0.304 e. The molecule has 1 rings (SSSR count). The zero-order valence-electron chi connectivity index (χ0n) is 10.5. The van der Waals surface area contributed by atoms with Crippen molar-refractivity contribution in [2.24, 2.45) is 0 Å². The molecule has 0 aliphatic rings. The van der Waals surface area contributed by atoms with E-state index in [0.717, 1.165) is 6.07 Å². The lowest BCUT2D eigenvalue weighted by Crippen LogP contribution is -2.34. The summed E-state index contributed by atoms with van der Waals surface area (Å²) in [6, 6.07) is 3.50. The summed E-state index contributed by atoms with van der Waals surface area (Å²) in [6.07, 6.45) is 0.0159. The Kier molecular flexibility index (Phi) is 4.78. The van der Waals surface area contributed by atoms with E-state index in [1.165, 1.54) is 12.1 Å². The van der Waals surface area contributed by atoms with E-state index in [9.17, 15) is 13.6 Å². The Morgan fingerprint density at radius 2 is 2.06 bits per heavy atom. The van der Waals surface area contributed by atoms with Gasteiger partial charge < -0.3 is 10.4 Å².